The SMILES string of the molecule is Cc1ccc(C(=O)NC[C@@H](c2ccccc2)S(=O)(=O)c2cccs2)cc1C. The second kappa shape index (κ2) is 8.06. The van der Waals surface area contributed by atoms with Gasteiger partial charge < -0.3 is 5.32 Å². The van der Waals surface area contributed by atoms with Crippen molar-refractivity contribution in [2.75, 3.05) is 6.54 Å². The highest BCUT2D eigenvalue weighted by Crippen LogP contribution is 2.31. The minimum Gasteiger partial charge on any atom is -0.350 e. The third kappa shape index (κ3) is 4.28. The van der Waals surface area contributed by atoms with E-state index in [1.165, 1.54) is 11.3 Å². The molecule has 1 amide bonds. The summed E-state index contributed by atoms with van der Waals surface area (Å²) in [7, 11) is -3.60. The van der Waals surface area contributed by atoms with E-state index in [1.54, 1.807) is 47.8 Å². The van der Waals surface area contributed by atoms with E-state index in [9.17, 15) is 13.2 Å². The maximum absolute atomic E-state index is 13.1. The van der Waals surface area contributed by atoms with Gasteiger partial charge >= 0.3 is 0 Å². The number of thiophene rings is 1. The molecule has 0 saturated heterocycles. The lowest BCUT2D eigenvalue weighted by atomic mass is 10.1. The summed E-state index contributed by atoms with van der Waals surface area (Å²) in [4.78, 5) is 12.6. The van der Waals surface area contributed by atoms with Crippen molar-refractivity contribution in [3.05, 3.63) is 88.3 Å². The zero-order valence-electron chi connectivity index (χ0n) is 15.2. The fourth-order valence-electron chi connectivity index (χ4n) is 2.81. The van der Waals surface area contributed by atoms with Crippen molar-refractivity contribution in [1.82, 2.24) is 5.32 Å². The van der Waals surface area contributed by atoms with Crippen LogP contribution in [0.5, 0.6) is 0 Å². The third-order valence-corrected chi connectivity index (χ3v) is 8.07. The summed E-state index contributed by atoms with van der Waals surface area (Å²) in [6.07, 6.45) is 0. The Morgan fingerprint density at radius 3 is 2.37 bits per heavy atom. The summed E-state index contributed by atoms with van der Waals surface area (Å²) in [6, 6.07) is 17.8. The van der Waals surface area contributed by atoms with Crippen molar-refractivity contribution in [3.63, 3.8) is 0 Å². The highest BCUT2D eigenvalue weighted by atomic mass is 32.2. The van der Waals surface area contributed by atoms with Gasteiger partial charge in [0.1, 0.15) is 9.46 Å². The summed E-state index contributed by atoms with van der Waals surface area (Å²) in [5, 5.41) is 3.70. The van der Waals surface area contributed by atoms with Crippen molar-refractivity contribution >= 4 is 27.1 Å². The van der Waals surface area contributed by atoms with Crippen molar-refractivity contribution in [2.45, 2.75) is 23.3 Å². The number of amides is 1. The van der Waals surface area contributed by atoms with Crippen LogP contribution in [0.3, 0.4) is 0 Å². The number of hydrogen-bond acceptors (Lipinski definition) is 4. The van der Waals surface area contributed by atoms with E-state index in [-0.39, 0.29) is 12.5 Å². The molecule has 0 spiro atoms. The average molecular weight is 400 g/mol. The van der Waals surface area contributed by atoms with Crippen LogP contribution in [0.4, 0.5) is 0 Å². The van der Waals surface area contributed by atoms with Gasteiger partial charge in [-0.3, -0.25) is 4.79 Å². The molecule has 1 N–H and O–H groups in total. The van der Waals surface area contributed by atoms with Gasteiger partial charge in [0.05, 0.1) is 0 Å². The van der Waals surface area contributed by atoms with Gasteiger partial charge in [-0.1, -0.05) is 42.5 Å². The fourth-order valence-corrected chi connectivity index (χ4v) is 5.68. The summed E-state index contributed by atoms with van der Waals surface area (Å²) < 4.78 is 26.5. The van der Waals surface area contributed by atoms with Crippen molar-refractivity contribution in [1.29, 1.82) is 0 Å². The molecule has 4 nitrogen and oxygen atoms in total. The first-order valence-electron chi connectivity index (χ1n) is 8.57. The van der Waals surface area contributed by atoms with E-state index >= 15 is 0 Å². The number of benzene rings is 2. The van der Waals surface area contributed by atoms with Crippen LogP contribution in [0.15, 0.2) is 70.3 Å². The van der Waals surface area contributed by atoms with Crippen LogP contribution < -0.4 is 5.32 Å². The number of hydrogen-bond donors (Lipinski definition) is 1. The second-order valence-electron chi connectivity index (χ2n) is 6.39. The summed E-state index contributed by atoms with van der Waals surface area (Å²) in [6.45, 7) is 3.94. The molecule has 0 bridgehead atoms. The Balaban J connectivity index is 1.86. The summed E-state index contributed by atoms with van der Waals surface area (Å²) in [5.41, 5.74) is 3.31. The standard InChI is InChI=1S/C21H21NO3S2/c1-15-10-11-18(13-16(15)2)21(23)22-14-19(17-7-4-3-5-8-17)27(24,25)20-9-6-12-26-20/h3-13,19H,14H2,1-2H3,(H,22,23)/t19-/m0/s1. The lowest BCUT2D eigenvalue weighted by molar-refractivity contribution is 0.0953. The molecule has 1 heterocycles. The first kappa shape index (κ1) is 19.3. The molecule has 0 radical (unpaired) electrons. The van der Waals surface area contributed by atoms with E-state index in [0.717, 1.165) is 11.1 Å². The van der Waals surface area contributed by atoms with Crippen LogP contribution in [0.1, 0.15) is 32.3 Å². The van der Waals surface area contributed by atoms with Crippen molar-refractivity contribution in [3.8, 4) is 0 Å². The van der Waals surface area contributed by atoms with Crippen LogP contribution in [0.25, 0.3) is 0 Å². The van der Waals surface area contributed by atoms with Gasteiger partial charge in [-0.05, 0) is 54.1 Å². The Labute approximate surface area is 163 Å². The lowest BCUT2D eigenvalue weighted by Crippen LogP contribution is -2.31. The molecule has 0 saturated carbocycles. The quantitative estimate of drug-likeness (QED) is 0.672. The molecule has 0 aliphatic carbocycles. The molecule has 0 aliphatic heterocycles. The smallest absolute Gasteiger partial charge is 0.251 e. The van der Waals surface area contributed by atoms with Gasteiger partial charge in [-0.15, -0.1) is 11.3 Å². The van der Waals surface area contributed by atoms with Gasteiger partial charge in [-0.25, -0.2) is 8.42 Å². The maximum Gasteiger partial charge on any atom is 0.251 e. The maximum atomic E-state index is 13.1. The van der Waals surface area contributed by atoms with Crippen molar-refractivity contribution in [2.24, 2.45) is 0 Å². The van der Waals surface area contributed by atoms with E-state index in [0.29, 0.717) is 15.3 Å². The van der Waals surface area contributed by atoms with Gasteiger partial charge in [0.15, 0.2) is 9.84 Å². The van der Waals surface area contributed by atoms with Gasteiger partial charge in [0, 0.05) is 12.1 Å². The monoisotopic (exact) mass is 399 g/mol. The van der Waals surface area contributed by atoms with Gasteiger partial charge in [-0.2, -0.15) is 0 Å². The van der Waals surface area contributed by atoms with Gasteiger partial charge in [0.25, 0.3) is 5.91 Å². The van der Waals surface area contributed by atoms with Crippen LogP contribution >= 0.6 is 11.3 Å². The van der Waals surface area contributed by atoms with E-state index in [1.807, 2.05) is 32.0 Å². The number of sulfone groups is 1. The first-order chi connectivity index (χ1) is 12.9. The molecule has 140 valence electrons. The molecule has 2 aromatic carbocycles. The first-order valence-corrected chi connectivity index (χ1v) is 11.0. The zero-order chi connectivity index (χ0) is 19.4. The Morgan fingerprint density at radius 2 is 1.74 bits per heavy atom. The Morgan fingerprint density at radius 1 is 1.00 bits per heavy atom. The fraction of sp³-hybridized carbons (Fsp3) is 0.190. The highest BCUT2D eigenvalue weighted by Gasteiger charge is 2.30. The third-order valence-electron chi connectivity index (χ3n) is 4.54. The Bertz CT molecular complexity index is 1030. The number of rotatable bonds is 6. The molecular formula is C21H21NO3S2. The molecular weight excluding hydrogens is 378 g/mol. The highest BCUT2D eigenvalue weighted by molar-refractivity contribution is 7.93. The molecule has 1 aromatic heterocycles. The zero-order valence-corrected chi connectivity index (χ0v) is 16.8. The molecule has 3 aromatic rings. The van der Waals surface area contributed by atoms with E-state index in [4.69, 9.17) is 0 Å². The largest absolute Gasteiger partial charge is 0.350 e. The minimum absolute atomic E-state index is 0.00992. The minimum atomic E-state index is -3.60. The van der Waals surface area contributed by atoms with Crippen molar-refractivity contribution < 1.29 is 13.2 Å². The normalized spacial score (nSPS) is 12.5. The predicted molar refractivity (Wildman–Crippen MR) is 109 cm³/mol. The topological polar surface area (TPSA) is 63.2 Å². The van der Waals surface area contributed by atoms with Gasteiger partial charge in [0.2, 0.25) is 0 Å². The molecule has 6 heteroatoms. The average Bonchev–Trinajstić information content (AvgIpc) is 3.20. The van der Waals surface area contributed by atoms with E-state index in [2.05, 4.69) is 5.32 Å². The lowest BCUT2D eigenvalue weighted by Gasteiger charge is -2.18. The Hall–Kier alpha value is -2.44. The van der Waals surface area contributed by atoms with E-state index < -0.39 is 15.1 Å². The molecule has 27 heavy (non-hydrogen) atoms. The number of nitrogens with one attached hydrogen (secondary N) is 1. The Kier molecular flexibility index (Phi) is 5.77. The molecule has 0 aliphatic rings. The molecule has 1 atom stereocenters. The molecule has 0 unspecified atom stereocenters. The number of carbonyl (C=O) groups excluding carboxylic acids is 1. The molecule has 3 rings (SSSR count). The van der Waals surface area contributed by atoms with Crippen LogP contribution in [0, 0.1) is 13.8 Å². The van der Waals surface area contributed by atoms with Crippen LogP contribution in [0.2, 0.25) is 0 Å². The number of carbonyl (C=O) groups is 1. The molecule has 0 fully saturated rings. The second-order valence-corrected chi connectivity index (χ2v) is 9.69. The van der Waals surface area contributed by atoms with Crippen LogP contribution in [-0.4, -0.2) is 20.9 Å². The summed E-state index contributed by atoms with van der Waals surface area (Å²) >= 11 is 1.19. The van der Waals surface area contributed by atoms with Crippen LogP contribution in [-0.2, 0) is 9.84 Å². The summed E-state index contributed by atoms with van der Waals surface area (Å²) in [5.74, 6) is -0.277. The predicted octanol–water partition coefficient (Wildman–Crippen LogP) is 4.31. The number of aryl methyl sites for hydroxylation is 2.